The number of piperidine rings is 1. The summed E-state index contributed by atoms with van der Waals surface area (Å²) in [4.78, 5) is 17.8. The molecule has 2 amide bonds. The van der Waals surface area contributed by atoms with Gasteiger partial charge in [-0.2, -0.15) is 0 Å². The van der Waals surface area contributed by atoms with Crippen LogP contribution in [0.5, 0.6) is 0 Å². The highest BCUT2D eigenvalue weighted by molar-refractivity contribution is 5.89. The van der Waals surface area contributed by atoms with Gasteiger partial charge in [0.05, 0.1) is 11.9 Å². The molecule has 19 heavy (non-hydrogen) atoms. The summed E-state index contributed by atoms with van der Waals surface area (Å²) in [6, 6.07) is 3.52. The molecule has 5 nitrogen and oxygen atoms in total. The van der Waals surface area contributed by atoms with E-state index in [0.717, 1.165) is 19.3 Å². The molecule has 1 aromatic rings. The van der Waals surface area contributed by atoms with Crippen molar-refractivity contribution < 1.29 is 9.90 Å². The fourth-order valence-electron chi connectivity index (χ4n) is 2.45. The first-order valence-corrected chi connectivity index (χ1v) is 6.76. The van der Waals surface area contributed by atoms with Crippen molar-refractivity contribution in [2.45, 2.75) is 26.2 Å². The molecule has 1 aliphatic rings. The summed E-state index contributed by atoms with van der Waals surface area (Å²) in [5.74, 6) is 0. The van der Waals surface area contributed by atoms with Crippen LogP contribution in [-0.4, -0.2) is 40.7 Å². The number of likely N-dealkylation sites (tertiary alicyclic amines) is 1. The van der Waals surface area contributed by atoms with Crippen molar-refractivity contribution in [2.24, 2.45) is 5.41 Å². The number of rotatable bonds is 3. The standard InChI is InChI=1S/C14H21N3O2/c1-2-14(11-18)5-8-17(9-6-14)13(19)16-12-4-3-7-15-10-12/h3-4,7,10,18H,2,5-6,8-9,11H2,1H3,(H,16,19). The summed E-state index contributed by atoms with van der Waals surface area (Å²) in [6.07, 6.45) is 5.99. The second-order valence-electron chi connectivity index (χ2n) is 5.17. The van der Waals surface area contributed by atoms with Gasteiger partial charge in [-0.25, -0.2) is 4.79 Å². The average Bonchev–Trinajstić information content (AvgIpc) is 2.48. The number of aromatic nitrogens is 1. The summed E-state index contributed by atoms with van der Waals surface area (Å²) < 4.78 is 0. The summed E-state index contributed by atoms with van der Waals surface area (Å²) in [6.45, 7) is 3.70. The molecule has 1 aromatic heterocycles. The second kappa shape index (κ2) is 6.02. The molecular formula is C14H21N3O2. The number of aliphatic hydroxyl groups is 1. The van der Waals surface area contributed by atoms with Gasteiger partial charge in [-0.1, -0.05) is 6.92 Å². The molecule has 104 valence electrons. The molecule has 0 aromatic carbocycles. The van der Waals surface area contributed by atoms with Gasteiger partial charge in [-0.15, -0.1) is 0 Å². The van der Waals surface area contributed by atoms with Crippen LogP contribution in [0.3, 0.4) is 0 Å². The van der Waals surface area contributed by atoms with E-state index in [-0.39, 0.29) is 18.1 Å². The molecule has 0 bridgehead atoms. The van der Waals surface area contributed by atoms with E-state index in [2.05, 4.69) is 17.2 Å². The molecule has 0 saturated carbocycles. The van der Waals surface area contributed by atoms with E-state index in [1.807, 2.05) is 6.07 Å². The lowest BCUT2D eigenvalue weighted by Crippen LogP contribution is -2.46. The number of hydrogen-bond donors (Lipinski definition) is 2. The van der Waals surface area contributed by atoms with E-state index in [0.29, 0.717) is 18.8 Å². The lowest BCUT2D eigenvalue weighted by atomic mass is 9.77. The Kier molecular flexibility index (Phi) is 4.37. The monoisotopic (exact) mass is 263 g/mol. The Balaban J connectivity index is 1.89. The smallest absolute Gasteiger partial charge is 0.321 e. The zero-order valence-electron chi connectivity index (χ0n) is 11.3. The highest BCUT2D eigenvalue weighted by Gasteiger charge is 2.33. The van der Waals surface area contributed by atoms with E-state index in [4.69, 9.17) is 0 Å². The maximum absolute atomic E-state index is 12.1. The number of aliphatic hydroxyl groups excluding tert-OH is 1. The molecule has 5 heteroatoms. The van der Waals surface area contributed by atoms with Crippen molar-refractivity contribution in [3.05, 3.63) is 24.5 Å². The van der Waals surface area contributed by atoms with Crippen molar-refractivity contribution >= 4 is 11.7 Å². The highest BCUT2D eigenvalue weighted by atomic mass is 16.3. The first kappa shape index (κ1) is 13.8. The lowest BCUT2D eigenvalue weighted by Gasteiger charge is -2.40. The molecule has 0 atom stereocenters. The summed E-state index contributed by atoms with van der Waals surface area (Å²) in [5, 5.41) is 12.3. The van der Waals surface area contributed by atoms with Crippen LogP contribution in [0.4, 0.5) is 10.5 Å². The minimum absolute atomic E-state index is 0.00504. The number of hydrogen-bond acceptors (Lipinski definition) is 3. The van der Waals surface area contributed by atoms with Crippen molar-refractivity contribution in [1.82, 2.24) is 9.88 Å². The average molecular weight is 263 g/mol. The van der Waals surface area contributed by atoms with E-state index in [1.54, 1.807) is 23.4 Å². The zero-order valence-corrected chi connectivity index (χ0v) is 11.3. The Morgan fingerprint density at radius 3 is 2.79 bits per heavy atom. The molecule has 0 radical (unpaired) electrons. The number of anilines is 1. The van der Waals surface area contributed by atoms with Crippen molar-refractivity contribution in [2.75, 3.05) is 25.0 Å². The minimum atomic E-state index is -0.0874. The number of amides is 2. The molecule has 1 fully saturated rings. The van der Waals surface area contributed by atoms with Crippen LogP contribution in [0.15, 0.2) is 24.5 Å². The van der Waals surface area contributed by atoms with Crippen LogP contribution >= 0.6 is 0 Å². The van der Waals surface area contributed by atoms with Crippen LogP contribution in [0.25, 0.3) is 0 Å². The third kappa shape index (κ3) is 3.23. The number of carbonyl (C=O) groups excluding carboxylic acids is 1. The van der Waals surface area contributed by atoms with Crippen molar-refractivity contribution in [1.29, 1.82) is 0 Å². The Labute approximate surface area is 113 Å². The first-order chi connectivity index (χ1) is 9.19. The third-order valence-electron chi connectivity index (χ3n) is 4.11. The van der Waals surface area contributed by atoms with Gasteiger partial charge in [0, 0.05) is 25.9 Å². The maximum atomic E-state index is 12.1. The number of pyridine rings is 1. The van der Waals surface area contributed by atoms with Gasteiger partial charge in [-0.3, -0.25) is 4.98 Å². The largest absolute Gasteiger partial charge is 0.396 e. The van der Waals surface area contributed by atoms with Crippen molar-refractivity contribution in [3.8, 4) is 0 Å². The van der Waals surface area contributed by atoms with Gasteiger partial charge in [0.1, 0.15) is 0 Å². The Hall–Kier alpha value is -1.62. The quantitative estimate of drug-likeness (QED) is 0.877. The van der Waals surface area contributed by atoms with Crippen LogP contribution < -0.4 is 5.32 Å². The number of urea groups is 1. The predicted octanol–water partition coefficient (Wildman–Crippen LogP) is 2.10. The van der Waals surface area contributed by atoms with Crippen LogP contribution in [-0.2, 0) is 0 Å². The third-order valence-corrected chi connectivity index (χ3v) is 4.11. The van der Waals surface area contributed by atoms with Gasteiger partial charge in [0.25, 0.3) is 0 Å². The molecule has 2 rings (SSSR count). The second-order valence-corrected chi connectivity index (χ2v) is 5.17. The molecule has 1 saturated heterocycles. The Morgan fingerprint density at radius 2 is 2.26 bits per heavy atom. The number of carbonyl (C=O) groups is 1. The SMILES string of the molecule is CCC1(CO)CCN(C(=O)Nc2cccnc2)CC1. The molecule has 0 unspecified atom stereocenters. The number of nitrogens with zero attached hydrogens (tertiary/aromatic N) is 2. The molecule has 2 N–H and O–H groups in total. The van der Waals surface area contributed by atoms with Gasteiger partial charge >= 0.3 is 6.03 Å². The maximum Gasteiger partial charge on any atom is 0.321 e. The summed E-state index contributed by atoms with van der Waals surface area (Å²) >= 11 is 0. The van der Waals surface area contributed by atoms with Gasteiger partial charge in [0.2, 0.25) is 0 Å². The molecular weight excluding hydrogens is 242 g/mol. The van der Waals surface area contributed by atoms with Gasteiger partial charge < -0.3 is 15.3 Å². The van der Waals surface area contributed by atoms with Crippen LogP contribution in [0.2, 0.25) is 0 Å². The molecule has 0 spiro atoms. The highest BCUT2D eigenvalue weighted by Crippen LogP contribution is 2.34. The molecule has 0 aliphatic carbocycles. The van der Waals surface area contributed by atoms with Crippen LogP contribution in [0.1, 0.15) is 26.2 Å². The summed E-state index contributed by atoms with van der Waals surface area (Å²) in [7, 11) is 0. The fourth-order valence-corrected chi connectivity index (χ4v) is 2.45. The lowest BCUT2D eigenvalue weighted by molar-refractivity contribution is 0.0542. The van der Waals surface area contributed by atoms with E-state index >= 15 is 0 Å². The van der Waals surface area contributed by atoms with E-state index < -0.39 is 0 Å². The van der Waals surface area contributed by atoms with E-state index in [9.17, 15) is 9.90 Å². The number of nitrogens with one attached hydrogen (secondary N) is 1. The van der Waals surface area contributed by atoms with E-state index in [1.165, 1.54) is 0 Å². The van der Waals surface area contributed by atoms with Crippen LogP contribution in [0, 0.1) is 5.41 Å². The minimum Gasteiger partial charge on any atom is -0.396 e. The normalized spacial score (nSPS) is 18.1. The van der Waals surface area contributed by atoms with Gasteiger partial charge in [0.15, 0.2) is 0 Å². The molecule has 1 aliphatic heterocycles. The fraction of sp³-hybridized carbons (Fsp3) is 0.571. The zero-order chi connectivity index (χ0) is 13.7. The predicted molar refractivity (Wildman–Crippen MR) is 73.9 cm³/mol. The Morgan fingerprint density at radius 1 is 1.53 bits per heavy atom. The first-order valence-electron chi connectivity index (χ1n) is 6.76. The molecule has 2 heterocycles. The van der Waals surface area contributed by atoms with Gasteiger partial charge in [-0.05, 0) is 36.8 Å². The topological polar surface area (TPSA) is 65.5 Å². The Bertz CT molecular complexity index is 408. The summed E-state index contributed by atoms with van der Waals surface area (Å²) in [5.41, 5.74) is 0.715. The van der Waals surface area contributed by atoms with Crippen molar-refractivity contribution in [3.63, 3.8) is 0 Å².